The molecule has 0 saturated heterocycles. The summed E-state index contributed by atoms with van der Waals surface area (Å²) in [6.45, 7) is 2.15. The number of nitrogens with one attached hydrogen (secondary N) is 1. The van der Waals surface area contributed by atoms with E-state index in [-0.39, 0.29) is 16.8 Å². The largest absolute Gasteiger partial charge is 0.349 e. The first kappa shape index (κ1) is 18.4. The van der Waals surface area contributed by atoms with Crippen LogP contribution in [-0.2, 0) is 10.0 Å². The predicted octanol–water partition coefficient (Wildman–Crippen LogP) is 3.01. The highest BCUT2D eigenvalue weighted by Crippen LogP contribution is 2.27. The van der Waals surface area contributed by atoms with Crippen LogP contribution in [0.2, 0.25) is 0 Å². The van der Waals surface area contributed by atoms with Crippen LogP contribution in [0.15, 0.2) is 27.6 Å². The molecular formula is C16H23BrN2O3S. The van der Waals surface area contributed by atoms with Gasteiger partial charge in [0.2, 0.25) is 10.0 Å². The lowest BCUT2D eigenvalue weighted by molar-refractivity contribution is 0.0910. The van der Waals surface area contributed by atoms with Crippen molar-refractivity contribution in [2.24, 2.45) is 5.92 Å². The van der Waals surface area contributed by atoms with Gasteiger partial charge in [-0.2, -0.15) is 0 Å². The average Bonchev–Trinajstić information content (AvgIpc) is 2.49. The van der Waals surface area contributed by atoms with Crippen molar-refractivity contribution in [3.05, 3.63) is 28.2 Å². The van der Waals surface area contributed by atoms with Crippen LogP contribution in [0.4, 0.5) is 0 Å². The van der Waals surface area contributed by atoms with Crippen molar-refractivity contribution in [2.75, 3.05) is 14.1 Å². The summed E-state index contributed by atoms with van der Waals surface area (Å²) in [5.41, 5.74) is 0.367. The molecule has 7 heteroatoms. The van der Waals surface area contributed by atoms with Gasteiger partial charge >= 0.3 is 0 Å². The van der Waals surface area contributed by atoms with Crippen LogP contribution in [0.1, 0.15) is 43.0 Å². The second-order valence-corrected chi connectivity index (χ2v) is 9.25. The zero-order chi connectivity index (χ0) is 17.2. The second kappa shape index (κ2) is 7.32. The molecule has 2 atom stereocenters. The van der Waals surface area contributed by atoms with Crippen molar-refractivity contribution in [3.63, 3.8) is 0 Å². The number of carbonyl (C=O) groups excluding carboxylic acids is 1. The standard InChI is InChI=1S/C16H23BrN2O3S/c1-11-6-4-5-7-14(11)18-16(20)12-8-9-13(17)15(10-12)23(21,22)19(2)3/h8-11,14H,4-7H2,1-3H3,(H,18,20). The smallest absolute Gasteiger partial charge is 0.251 e. The van der Waals surface area contributed by atoms with Crippen molar-refractivity contribution in [2.45, 2.75) is 43.5 Å². The van der Waals surface area contributed by atoms with Crippen molar-refractivity contribution in [1.29, 1.82) is 0 Å². The molecule has 0 radical (unpaired) electrons. The zero-order valence-corrected chi connectivity index (χ0v) is 16.1. The molecule has 1 aliphatic rings. The van der Waals surface area contributed by atoms with E-state index in [0.717, 1.165) is 23.6 Å². The summed E-state index contributed by atoms with van der Waals surface area (Å²) in [6, 6.07) is 4.84. The first-order chi connectivity index (χ1) is 10.7. The minimum Gasteiger partial charge on any atom is -0.349 e. The van der Waals surface area contributed by atoms with E-state index >= 15 is 0 Å². The van der Waals surface area contributed by atoms with Crippen molar-refractivity contribution >= 4 is 31.9 Å². The highest BCUT2D eigenvalue weighted by atomic mass is 79.9. The van der Waals surface area contributed by atoms with Gasteiger partial charge in [0.05, 0.1) is 4.90 Å². The molecule has 2 rings (SSSR count). The number of hydrogen-bond acceptors (Lipinski definition) is 3. The first-order valence-corrected chi connectivity index (χ1v) is 9.99. The number of rotatable bonds is 4. The van der Waals surface area contributed by atoms with Crippen LogP contribution < -0.4 is 5.32 Å². The fourth-order valence-electron chi connectivity index (χ4n) is 2.82. The Bertz CT molecular complexity index is 689. The number of nitrogens with zero attached hydrogens (tertiary/aromatic N) is 1. The maximum atomic E-state index is 12.5. The Hall–Kier alpha value is -0.920. The summed E-state index contributed by atoms with van der Waals surface area (Å²) in [7, 11) is -0.660. The van der Waals surface area contributed by atoms with E-state index in [4.69, 9.17) is 0 Å². The van der Waals surface area contributed by atoms with E-state index in [2.05, 4.69) is 28.2 Å². The fourth-order valence-corrected chi connectivity index (χ4v) is 4.67. The number of amides is 1. The minimum atomic E-state index is -3.60. The Morgan fingerprint density at radius 3 is 2.52 bits per heavy atom. The van der Waals surface area contributed by atoms with Crippen molar-refractivity contribution in [1.82, 2.24) is 9.62 Å². The quantitative estimate of drug-likeness (QED) is 0.841. The zero-order valence-electron chi connectivity index (χ0n) is 13.7. The SMILES string of the molecule is CC1CCCCC1NC(=O)c1ccc(Br)c(S(=O)(=O)N(C)C)c1. The third kappa shape index (κ3) is 4.14. The lowest BCUT2D eigenvalue weighted by Gasteiger charge is -2.29. The van der Waals surface area contributed by atoms with E-state index in [9.17, 15) is 13.2 Å². The van der Waals surface area contributed by atoms with E-state index in [1.807, 2.05) is 0 Å². The number of hydrogen-bond donors (Lipinski definition) is 1. The van der Waals surface area contributed by atoms with Gasteiger partial charge in [0.1, 0.15) is 0 Å². The van der Waals surface area contributed by atoms with E-state index < -0.39 is 10.0 Å². The summed E-state index contributed by atoms with van der Waals surface area (Å²) in [4.78, 5) is 12.6. The van der Waals surface area contributed by atoms with Gasteiger partial charge in [-0.3, -0.25) is 4.79 Å². The molecule has 2 unspecified atom stereocenters. The topological polar surface area (TPSA) is 66.5 Å². The molecule has 0 bridgehead atoms. The van der Waals surface area contributed by atoms with E-state index in [1.165, 1.54) is 26.6 Å². The molecule has 1 amide bonds. The molecule has 0 aromatic heterocycles. The van der Waals surface area contributed by atoms with Gasteiger partial charge in [0, 0.05) is 30.2 Å². The molecule has 128 valence electrons. The molecule has 1 aromatic carbocycles. The Kier molecular flexibility index (Phi) is 5.86. The highest BCUT2D eigenvalue weighted by Gasteiger charge is 2.25. The minimum absolute atomic E-state index is 0.104. The maximum Gasteiger partial charge on any atom is 0.251 e. The van der Waals surface area contributed by atoms with Crippen LogP contribution in [-0.4, -0.2) is 38.8 Å². The summed E-state index contributed by atoms with van der Waals surface area (Å²) < 4.78 is 26.3. The van der Waals surface area contributed by atoms with Gasteiger partial charge in [-0.25, -0.2) is 12.7 Å². The van der Waals surface area contributed by atoms with Gasteiger partial charge in [-0.05, 0) is 52.9 Å². The van der Waals surface area contributed by atoms with Gasteiger partial charge in [-0.15, -0.1) is 0 Å². The van der Waals surface area contributed by atoms with Crippen LogP contribution in [0.25, 0.3) is 0 Å². The number of halogens is 1. The molecule has 1 saturated carbocycles. The van der Waals surface area contributed by atoms with Gasteiger partial charge < -0.3 is 5.32 Å². The molecule has 0 aliphatic heterocycles. The number of benzene rings is 1. The Morgan fingerprint density at radius 2 is 1.91 bits per heavy atom. The van der Waals surface area contributed by atoms with Crippen molar-refractivity contribution < 1.29 is 13.2 Å². The third-order valence-electron chi connectivity index (χ3n) is 4.38. The molecule has 0 spiro atoms. The molecule has 1 fully saturated rings. The third-order valence-corrected chi connectivity index (χ3v) is 7.19. The normalized spacial score (nSPS) is 22.1. The molecule has 1 N–H and O–H groups in total. The Labute approximate surface area is 146 Å². The van der Waals surface area contributed by atoms with Gasteiger partial charge in [0.25, 0.3) is 5.91 Å². The van der Waals surface area contributed by atoms with Gasteiger partial charge in [-0.1, -0.05) is 19.8 Å². The summed E-state index contributed by atoms with van der Waals surface area (Å²) >= 11 is 3.25. The Balaban J connectivity index is 2.25. The maximum absolute atomic E-state index is 12.5. The summed E-state index contributed by atoms with van der Waals surface area (Å²) in [6.07, 6.45) is 4.42. The van der Waals surface area contributed by atoms with E-state index in [0.29, 0.717) is 16.0 Å². The average molecular weight is 403 g/mol. The molecule has 23 heavy (non-hydrogen) atoms. The van der Waals surface area contributed by atoms with Crippen LogP contribution in [0, 0.1) is 5.92 Å². The lowest BCUT2D eigenvalue weighted by atomic mass is 9.86. The first-order valence-electron chi connectivity index (χ1n) is 7.76. The molecule has 0 heterocycles. The molecule has 5 nitrogen and oxygen atoms in total. The number of sulfonamides is 1. The molecule has 1 aromatic rings. The molecular weight excluding hydrogens is 380 g/mol. The second-order valence-electron chi connectivity index (χ2n) is 6.27. The van der Waals surface area contributed by atoms with Crippen LogP contribution in [0.5, 0.6) is 0 Å². The summed E-state index contributed by atoms with van der Waals surface area (Å²) in [5, 5.41) is 3.05. The van der Waals surface area contributed by atoms with Crippen LogP contribution >= 0.6 is 15.9 Å². The van der Waals surface area contributed by atoms with Crippen LogP contribution in [0.3, 0.4) is 0 Å². The summed E-state index contributed by atoms with van der Waals surface area (Å²) in [5.74, 6) is 0.236. The fraction of sp³-hybridized carbons (Fsp3) is 0.562. The predicted molar refractivity (Wildman–Crippen MR) is 93.9 cm³/mol. The highest BCUT2D eigenvalue weighted by molar-refractivity contribution is 9.10. The van der Waals surface area contributed by atoms with Crippen molar-refractivity contribution in [3.8, 4) is 0 Å². The van der Waals surface area contributed by atoms with Gasteiger partial charge in [0.15, 0.2) is 0 Å². The Morgan fingerprint density at radius 1 is 1.26 bits per heavy atom. The van der Waals surface area contributed by atoms with E-state index in [1.54, 1.807) is 12.1 Å². The monoisotopic (exact) mass is 402 g/mol. The molecule has 1 aliphatic carbocycles. The number of carbonyl (C=O) groups is 1. The lowest BCUT2D eigenvalue weighted by Crippen LogP contribution is -2.41.